The van der Waals surface area contributed by atoms with Crippen LogP contribution in [0.2, 0.25) is 0 Å². The zero-order chi connectivity index (χ0) is 21.1. The average molecular weight is 414 g/mol. The molecule has 0 aromatic heterocycles. The van der Waals surface area contributed by atoms with E-state index in [1.54, 1.807) is 7.05 Å². The predicted molar refractivity (Wildman–Crippen MR) is 116 cm³/mol. The largest absolute Gasteiger partial charge is 0.354 e. The van der Waals surface area contributed by atoms with Crippen LogP contribution in [0.4, 0.5) is 0 Å². The third-order valence-electron chi connectivity index (χ3n) is 7.04. The first-order chi connectivity index (χ1) is 14.6. The highest BCUT2D eigenvalue weighted by atomic mass is 16.5. The minimum Gasteiger partial charge on any atom is -0.354 e. The summed E-state index contributed by atoms with van der Waals surface area (Å²) in [7, 11) is 1.79. The van der Waals surface area contributed by atoms with Gasteiger partial charge >= 0.3 is 0 Å². The molecule has 2 fully saturated rings. The van der Waals surface area contributed by atoms with Gasteiger partial charge in [0.05, 0.1) is 12.1 Å². The molecule has 2 saturated heterocycles. The van der Waals surface area contributed by atoms with Crippen LogP contribution in [-0.4, -0.2) is 54.2 Å². The van der Waals surface area contributed by atoms with E-state index in [4.69, 9.17) is 4.74 Å². The van der Waals surface area contributed by atoms with Crippen LogP contribution < -0.4 is 10.6 Å². The number of nitrogens with zero attached hydrogens (tertiary/aromatic N) is 1. The highest BCUT2D eigenvalue weighted by Crippen LogP contribution is 2.34. The minimum absolute atomic E-state index is 0.0389. The van der Waals surface area contributed by atoms with E-state index >= 15 is 0 Å². The lowest BCUT2D eigenvalue weighted by atomic mass is 9.98. The standard InChI is InChI=1S/C24H35N3O3/c1-3-20(25-2)23(28)26-21-11-7-6-10-18-12-13-22(27(18)24(21)29)30-19-14-16-8-4-5-9-17(16)15-19/h4-5,8-9,18-22,25H,3,6-7,10-15H2,1-2H3,(H,26,28)/t18-,20?,21-,22?/m0/s1. The molecule has 1 aromatic rings. The Kier molecular flexibility index (Phi) is 6.74. The number of ether oxygens (including phenoxy) is 1. The molecule has 6 nitrogen and oxygen atoms in total. The van der Waals surface area contributed by atoms with Crippen molar-refractivity contribution in [2.24, 2.45) is 0 Å². The van der Waals surface area contributed by atoms with Crippen molar-refractivity contribution in [3.8, 4) is 0 Å². The van der Waals surface area contributed by atoms with Gasteiger partial charge in [-0.1, -0.05) is 44.0 Å². The quantitative estimate of drug-likeness (QED) is 0.752. The first-order valence-corrected chi connectivity index (χ1v) is 11.6. The average Bonchev–Trinajstić information content (AvgIpc) is 3.32. The second-order valence-corrected chi connectivity index (χ2v) is 8.96. The van der Waals surface area contributed by atoms with Crippen LogP contribution in [0, 0.1) is 0 Å². The van der Waals surface area contributed by atoms with E-state index in [9.17, 15) is 9.59 Å². The van der Waals surface area contributed by atoms with Crippen LogP contribution in [0.5, 0.6) is 0 Å². The number of hydrogen-bond donors (Lipinski definition) is 2. The highest BCUT2D eigenvalue weighted by Gasteiger charge is 2.43. The number of carbonyl (C=O) groups is 2. The minimum atomic E-state index is -0.451. The van der Waals surface area contributed by atoms with Gasteiger partial charge < -0.3 is 20.3 Å². The van der Waals surface area contributed by atoms with Crippen molar-refractivity contribution < 1.29 is 14.3 Å². The van der Waals surface area contributed by atoms with Gasteiger partial charge in [-0.2, -0.15) is 0 Å². The summed E-state index contributed by atoms with van der Waals surface area (Å²) in [5.41, 5.74) is 2.72. The van der Waals surface area contributed by atoms with Crippen molar-refractivity contribution in [3.05, 3.63) is 35.4 Å². The number of rotatable bonds is 6. The zero-order valence-electron chi connectivity index (χ0n) is 18.2. The van der Waals surface area contributed by atoms with E-state index in [0.717, 1.165) is 44.9 Å². The van der Waals surface area contributed by atoms with Crippen LogP contribution in [0.15, 0.2) is 24.3 Å². The first-order valence-electron chi connectivity index (χ1n) is 11.6. The van der Waals surface area contributed by atoms with Crippen molar-refractivity contribution in [2.75, 3.05) is 7.05 Å². The Hall–Kier alpha value is -1.92. The lowest BCUT2D eigenvalue weighted by Gasteiger charge is -2.36. The van der Waals surface area contributed by atoms with Gasteiger partial charge in [0.2, 0.25) is 11.8 Å². The molecule has 3 aliphatic rings. The maximum Gasteiger partial charge on any atom is 0.247 e. The second-order valence-electron chi connectivity index (χ2n) is 8.96. The fourth-order valence-corrected chi connectivity index (χ4v) is 5.38. The Morgan fingerprint density at radius 1 is 1.13 bits per heavy atom. The molecule has 4 rings (SSSR count). The number of likely N-dealkylation sites (N-methyl/N-ethyl adjacent to an activating group) is 1. The molecule has 4 atom stereocenters. The lowest BCUT2D eigenvalue weighted by Crippen LogP contribution is -2.56. The topological polar surface area (TPSA) is 70.7 Å². The molecule has 2 amide bonds. The third kappa shape index (κ3) is 4.40. The molecule has 0 spiro atoms. The molecule has 1 aliphatic carbocycles. The third-order valence-corrected chi connectivity index (χ3v) is 7.04. The zero-order valence-corrected chi connectivity index (χ0v) is 18.2. The van der Waals surface area contributed by atoms with Crippen molar-refractivity contribution in [2.45, 2.75) is 95.2 Å². The fraction of sp³-hybridized carbons (Fsp3) is 0.667. The van der Waals surface area contributed by atoms with Crippen LogP contribution in [0.3, 0.4) is 0 Å². The monoisotopic (exact) mass is 413 g/mol. The molecule has 6 heteroatoms. The lowest BCUT2D eigenvalue weighted by molar-refractivity contribution is -0.155. The van der Waals surface area contributed by atoms with Crippen LogP contribution in [0.25, 0.3) is 0 Å². The normalized spacial score (nSPS) is 27.9. The first kappa shape index (κ1) is 21.3. The fourth-order valence-electron chi connectivity index (χ4n) is 5.38. The number of amides is 2. The summed E-state index contributed by atoms with van der Waals surface area (Å²) in [5.74, 6) is -0.0459. The Bertz CT molecular complexity index is 739. The van der Waals surface area contributed by atoms with Gasteiger partial charge in [0.15, 0.2) is 0 Å². The summed E-state index contributed by atoms with van der Waals surface area (Å²) in [6, 6.07) is 8.03. The summed E-state index contributed by atoms with van der Waals surface area (Å²) >= 11 is 0. The molecule has 2 unspecified atom stereocenters. The van der Waals surface area contributed by atoms with Crippen molar-refractivity contribution in [1.29, 1.82) is 0 Å². The van der Waals surface area contributed by atoms with Gasteiger partial charge in [-0.3, -0.25) is 9.59 Å². The molecule has 2 aliphatic heterocycles. The molecule has 0 bridgehead atoms. The molecule has 1 aromatic carbocycles. The number of hydrogen-bond acceptors (Lipinski definition) is 4. The van der Waals surface area contributed by atoms with E-state index in [0.29, 0.717) is 12.8 Å². The maximum atomic E-state index is 13.5. The van der Waals surface area contributed by atoms with E-state index < -0.39 is 6.04 Å². The van der Waals surface area contributed by atoms with Gasteiger partial charge in [0.25, 0.3) is 0 Å². The van der Waals surface area contributed by atoms with Crippen molar-refractivity contribution in [1.82, 2.24) is 15.5 Å². The van der Waals surface area contributed by atoms with E-state index in [-0.39, 0.29) is 36.2 Å². The maximum absolute atomic E-state index is 13.5. The smallest absolute Gasteiger partial charge is 0.247 e. The van der Waals surface area contributed by atoms with E-state index in [2.05, 4.69) is 34.9 Å². The SMILES string of the molecule is CCC(NC)C(=O)N[C@H]1CCCC[C@H]2CCC(OC3Cc4ccccc4C3)N2C1=O. The summed E-state index contributed by atoms with van der Waals surface area (Å²) < 4.78 is 6.51. The van der Waals surface area contributed by atoms with Gasteiger partial charge in [0, 0.05) is 6.04 Å². The second kappa shape index (κ2) is 9.48. The Morgan fingerprint density at radius 2 is 1.83 bits per heavy atom. The van der Waals surface area contributed by atoms with Gasteiger partial charge in [-0.05, 0) is 63.1 Å². The van der Waals surface area contributed by atoms with Crippen molar-refractivity contribution >= 4 is 11.8 Å². The Labute approximate surface area is 179 Å². The number of benzene rings is 1. The number of fused-ring (bicyclic) bond motifs is 2. The summed E-state index contributed by atoms with van der Waals surface area (Å²) in [6.07, 6.45) is 8.16. The molecule has 0 radical (unpaired) electrons. The van der Waals surface area contributed by atoms with Crippen LogP contribution in [0.1, 0.15) is 63.0 Å². The Balaban J connectivity index is 1.44. The molecule has 2 heterocycles. The van der Waals surface area contributed by atoms with Gasteiger partial charge in [0.1, 0.15) is 12.3 Å². The highest BCUT2D eigenvalue weighted by molar-refractivity contribution is 5.90. The molecular formula is C24H35N3O3. The molecule has 30 heavy (non-hydrogen) atoms. The molecule has 164 valence electrons. The number of nitrogens with one attached hydrogen (secondary N) is 2. The predicted octanol–water partition coefficient (Wildman–Crippen LogP) is 2.54. The van der Waals surface area contributed by atoms with E-state index in [1.807, 2.05) is 11.8 Å². The molecular weight excluding hydrogens is 378 g/mol. The van der Waals surface area contributed by atoms with Crippen molar-refractivity contribution in [3.63, 3.8) is 0 Å². The van der Waals surface area contributed by atoms with E-state index in [1.165, 1.54) is 11.1 Å². The summed E-state index contributed by atoms with van der Waals surface area (Å²) in [4.78, 5) is 28.1. The van der Waals surface area contributed by atoms with Gasteiger partial charge in [-0.25, -0.2) is 0 Å². The summed E-state index contributed by atoms with van der Waals surface area (Å²) in [5, 5.41) is 6.07. The van der Waals surface area contributed by atoms with Gasteiger partial charge in [-0.15, -0.1) is 0 Å². The Morgan fingerprint density at radius 3 is 2.50 bits per heavy atom. The molecule has 2 N–H and O–H groups in total. The van der Waals surface area contributed by atoms with Crippen LogP contribution >= 0.6 is 0 Å². The summed E-state index contributed by atoms with van der Waals surface area (Å²) in [6.45, 7) is 1.97. The number of carbonyl (C=O) groups excluding carboxylic acids is 2. The molecule has 0 saturated carbocycles. The van der Waals surface area contributed by atoms with Crippen LogP contribution in [-0.2, 0) is 27.2 Å².